The number of nitrogens with zero attached hydrogens (tertiary/aromatic N) is 3. The molecule has 0 amide bonds. The van der Waals surface area contributed by atoms with E-state index >= 15 is 0 Å². The van der Waals surface area contributed by atoms with E-state index in [0.29, 0.717) is 6.04 Å². The van der Waals surface area contributed by atoms with E-state index in [1.54, 1.807) is 6.33 Å². The van der Waals surface area contributed by atoms with E-state index in [0.717, 1.165) is 55.4 Å². The normalized spacial score (nSPS) is 17.1. The Morgan fingerprint density at radius 1 is 1.00 bits per heavy atom. The lowest BCUT2D eigenvalue weighted by molar-refractivity contribution is -0.320. The fourth-order valence-electron chi connectivity index (χ4n) is 5.38. The van der Waals surface area contributed by atoms with Crippen LogP contribution in [0.15, 0.2) is 61.1 Å². The maximum Gasteiger partial charge on any atom is 0.201 e. The summed E-state index contributed by atoms with van der Waals surface area (Å²) in [7, 11) is 3.29. The molecule has 2 heterocycles. The number of nitrogens with one attached hydrogen (secondary N) is 3. The number of fused-ring (bicyclic) bond motifs is 2. The van der Waals surface area contributed by atoms with Crippen LogP contribution in [0.25, 0.3) is 21.8 Å². The summed E-state index contributed by atoms with van der Waals surface area (Å²) >= 11 is 0. The van der Waals surface area contributed by atoms with Gasteiger partial charge in [0, 0.05) is 26.4 Å². The zero-order chi connectivity index (χ0) is 29.1. The maximum absolute atomic E-state index is 11.1. The first-order chi connectivity index (χ1) is 19.9. The van der Waals surface area contributed by atoms with Gasteiger partial charge < -0.3 is 25.3 Å². The smallest absolute Gasteiger partial charge is 0.201 e. The molecule has 3 N–H and O–H groups in total. The van der Waals surface area contributed by atoms with Crippen molar-refractivity contribution in [3.8, 4) is 0 Å². The zero-order valence-corrected chi connectivity index (χ0v) is 24.8. The molecule has 0 spiro atoms. The molecule has 41 heavy (non-hydrogen) atoms. The van der Waals surface area contributed by atoms with Gasteiger partial charge in [-0.05, 0) is 105 Å². The van der Waals surface area contributed by atoms with Gasteiger partial charge in [-0.2, -0.15) is 4.94 Å². The van der Waals surface area contributed by atoms with Gasteiger partial charge in [0.1, 0.15) is 17.8 Å². The first-order valence-corrected chi connectivity index (χ1v) is 14.7. The summed E-state index contributed by atoms with van der Waals surface area (Å²) in [5.41, 5.74) is 2.46. The first-order valence-electron chi connectivity index (χ1n) is 14.7. The number of hydrogen-bond donors (Lipinski definition) is 3. The molecule has 8 nitrogen and oxygen atoms in total. The van der Waals surface area contributed by atoms with Crippen molar-refractivity contribution < 1.29 is 14.2 Å². The third-order valence-electron chi connectivity index (χ3n) is 7.87. The molecular weight excluding hydrogens is 519 g/mol. The van der Waals surface area contributed by atoms with Crippen LogP contribution in [0.2, 0.25) is 0 Å². The quantitative estimate of drug-likeness (QED) is 0.135. The Balaban J connectivity index is 0.000000493. The van der Waals surface area contributed by atoms with Crippen LogP contribution < -0.4 is 16.0 Å². The zero-order valence-electron chi connectivity index (χ0n) is 24.8. The second-order valence-electron chi connectivity index (χ2n) is 11.2. The highest BCUT2D eigenvalue weighted by Crippen LogP contribution is 2.36. The van der Waals surface area contributed by atoms with Gasteiger partial charge in [-0.25, -0.2) is 9.97 Å². The molecule has 1 fully saturated rings. The minimum Gasteiger partial charge on any atom is -0.372 e. The number of ether oxygens (including phenoxy) is 1. The van der Waals surface area contributed by atoms with E-state index in [1.807, 2.05) is 7.05 Å². The third kappa shape index (κ3) is 8.69. The Morgan fingerprint density at radius 3 is 2.56 bits per heavy atom. The number of anilines is 1. The summed E-state index contributed by atoms with van der Waals surface area (Å²) in [6.07, 6.45) is 9.82. The molecule has 1 aliphatic carbocycles. The van der Waals surface area contributed by atoms with Crippen molar-refractivity contribution in [1.82, 2.24) is 25.2 Å². The number of aromatic nitrogens is 3. The molecule has 222 valence electrons. The van der Waals surface area contributed by atoms with Gasteiger partial charge in [0.25, 0.3) is 0 Å². The van der Waals surface area contributed by atoms with Crippen molar-refractivity contribution >= 4 is 27.6 Å². The predicted molar refractivity (Wildman–Crippen MR) is 165 cm³/mol. The van der Waals surface area contributed by atoms with Gasteiger partial charge in [-0.3, -0.25) is 0 Å². The monoisotopic (exact) mass is 564 g/mol. The van der Waals surface area contributed by atoms with Crippen molar-refractivity contribution in [1.29, 1.82) is 0 Å². The molecule has 2 atom stereocenters. The molecule has 2 unspecified atom stereocenters. The number of halogens is 1. The Morgan fingerprint density at radius 2 is 1.80 bits per heavy atom. The Hall–Kier alpha value is -3.11. The molecule has 9 heteroatoms. The van der Waals surface area contributed by atoms with Crippen molar-refractivity contribution in [3.05, 3.63) is 66.6 Å². The summed E-state index contributed by atoms with van der Waals surface area (Å²) in [6, 6.07) is 18.1. The lowest BCUT2D eigenvalue weighted by atomic mass is 10.1. The van der Waals surface area contributed by atoms with Gasteiger partial charge in [-0.15, -0.1) is 0 Å². The van der Waals surface area contributed by atoms with E-state index < -0.39 is 5.79 Å². The topological polar surface area (TPSA) is 85.3 Å². The minimum atomic E-state index is -1.08. The lowest BCUT2D eigenvalue weighted by Crippen LogP contribution is -2.26. The Kier molecular flexibility index (Phi) is 11.4. The molecule has 2 aromatic carbocycles. The fourth-order valence-corrected chi connectivity index (χ4v) is 5.38. The van der Waals surface area contributed by atoms with Crippen LogP contribution in [0, 0.1) is 5.92 Å². The SMILES string of the molecule is CNc1ncnc2c1ccn2C1CCC(CNCCCNCCc2ccc3ccccc3c2)C1.COC(C)(C)OF. The van der Waals surface area contributed by atoms with Crippen LogP contribution in [-0.2, 0) is 16.1 Å². The predicted octanol–water partition coefficient (Wildman–Crippen LogP) is 6.05. The average molecular weight is 565 g/mol. The molecule has 0 aliphatic heterocycles. The standard InChI is InChI=1S/C28H36N6.C4H9FO2/c1-29-27-26-12-16-34(28(26)33-20-32-27)25-10-8-22(18-25)19-31-14-4-13-30-15-11-21-7-9-23-5-2-3-6-24(23)17-21;1-4(2,6-3)7-5/h2-3,5-7,9,12,16-17,20,22,25,30-31H,4,8,10-11,13-15,18-19H2,1H3,(H,29,32,33);1-3H3. The third-order valence-corrected chi connectivity index (χ3v) is 7.87. The van der Waals surface area contributed by atoms with Crippen molar-refractivity contribution in [3.63, 3.8) is 0 Å². The average Bonchev–Trinajstić information content (AvgIpc) is 3.66. The van der Waals surface area contributed by atoms with E-state index in [-0.39, 0.29) is 0 Å². The molecule has 0 radical (unpaired) electrons. The van der Waals surface area contributed by atoms with E-state index in [9.17, 15) is 4.53 Å². The lowest BCUT2D eigenvalue weighted by Gasteiger charge is -2.15. The van der Waals surface area contributed by atoms with E-state index in [2.05, 4.69) is 94.9 Å². The van der Waals surface area contributed by atoms with E-state index in [1.165, 1.54) is 63.0 Å². The van der Waals surface area contributed by atoms with Gasteiger partial charge in [0.05, 0.1) is 5.39 Å². The van der Waals surface area contributed by atoms with Crippen molar-refractivity contribution in [2.75, 3.05) is 45.7 Å². The first kappa shape index (κ1) is 30.8. The molecule has 5 rings (SSSR count). The van der Waals surface area contributed by atoms with E-state index in [4.69, 9.17) is 0 Å². The summed E-state index contributed by atoms with van der Waals surface area (Å²) in [5, 5.41) is 14.2. The molecule has 0 bridgehead atoms. The Bertz CT molecular complexity index is 1350. The number of rotatable bonds is 13. The Labute approximate surface area is 242 Å². The molecule has 2 aromatic heterocycles. The van der Waals surface area contributed by atoms with Gasteiger partial charge in [0.15, 0.2) is 0 Å². The van der Waals surface area contributed by atoms with Gasteiger partial charge in [-0.1, -0.05) is 42.5 Å². The maximum atomic E-state index is 11.1. The summed E-state index contributed by atoms with van der Waals surface area (Å²) < 4.78 is 18.0. The summed E-state index contributed by atoms with van der Waals surface area (Å²) in [4.78, 5) is 12.2. The van der Waals surface area contributed by atoms with Gasteiger partial charge in [0.2, 0.25) is 5.79 Å². The number of hydrogen-bond acceptors (Lipinski definition) is 7. The summed E-state index contributed by atoms with van der Waals surface area (Å²) in [6.45, 7) is 7.25. The minimum absolute atomic E-state index is 0.542. The number of methoxy groups -OCH3 is 1. The second kappa shape index (κ2) is 15.2. The molecule has 1 aliphatic rings. The molecule has 0 saturated heterocycles. The highest BCUT2D eigenvalue weighted by Gasteiger charge is 2.27. The van der Waals surface area contributed by atoms with Crippen LogP contribution in [0.3, 0.4) is 0 Å². The van der Waals surface area contributed by atoms with Crippen molar-refractivity contribution in [2.24, 2.45) is 5.92 Å². The molecular formula is C32H45FN6O2. The van der Waals surface area contributed by atoms with Crippen LogP contribution in [0.1, 0.15) is 51.1 Å². The number of benzene rings is 2. The summed E-state index contributed by atoms with van der Waals surface area (Å²) in [5.74, 6) is 0.569. The van der Waals surface area contributed by atoms with Crippen LogP contribution in [0.4, 0.5) is 10.3 Å². The van der Waals surface area contributed by atoms with Gasteiger partial charge >= 0.3 is 0 Å². The fraction of sp³-hybridized carbons (Fsp3) is 0.500. The largest absolute Gasteiger partial charge is 0.372 e. The van der Waals surface area contributed by atoms with Crippen molar-refractivity contribution in [2.45, 2.75) is 57.8 Å². The molecule has 1 saturated carbocycles. The highest BCUT2D eigenvalue weighted by atomic mass is 19.3. The van der Waals surface area contributed by atoms with Crippen LogP contribution in [0.5, 0.6) is 0 Å². The van der Waals surface area contributed by atoms with Crippen LogP contribution in [-0.4, -0.2) is 60.7 Å². The van der Waals surface area contributed by atoms with Crippen LogP contribution >= 0.6 is 0 Å². The highest BCUT2D eigenvalue weighted by molar-refractivity contribution is 5.87. The molecule has 4 aromatic rings. The second-order valence-corrected chi connectivity index (χ2v) is 11.2.